The van der Waals surface area contributed by atoms with Crippen LogP contribution in [0.15, 0.2) is 0 Å². The first-order valence-corrected chi connectivity index (χ1v) is 7.37. The molecule has 108 valence electrons. The van der Waals surface area contributed by atoms with Gasteiger partial charge in [-0.05, 0) is 32.8 Å². The third-order valence-corrected chi connectivity index (χ3v) is 4.28. The second-order valence-corrected chi connectivity index (χ2v) is 6.83. The Morgan fingerprint density at radius 1 is 1.50 bits per heavy atom. The van der Waals surface area contributed by atoms with Crippen LogP contribution in [-0.2, 0) is 17.7 Å². The highest BCUT2D eigenvalue weighted by Crippen LogP contribution is 2.36. The van der Waals surface area contributed by atoms with Crippen LogP contribution in [0.4, 0.5) is 9.80 Å². The Balaban J connectivity index is 2.18. The van der Waals surface area contributed by atoms with Crippen molar-refractivity contribution in [2.45, 2.75) is 39.3 Å². The van der Waals surface area contributed by atoms with E-state index in [4.69, 9.17) is 4.74 Å². The zero-order valence-corrected chi connectivity index (χ0v) is 13.1. The van der Waals surface area contributed by atoms with Crippen LogP contribution in [0.25, 0.3) is 0 Å². The van der Waals surface area contributed by atoms with Gasteiger partial charge < -0.3 is 15.0 Å². The minimum atomic E-state index is -0.485. The molecule has 1 aliphatic rings. The Morgan fingerprint density at radius 3 is 2.75 bits per heavy atom. The number of nitriles is 1. The molecule has 1 N–H and O–H groups in total. The maximum absolute atomic E-state index is 12.1. The van der Waals surface area contributed by atoms with Crippen molar-refractivity contribution in [3.63, 3.8) is 0 Å². The van der Waals surface area contributed by atoms with E-state index in [1.54, 1.807) is 16.2 Å². The van der Waals surface area contributed by atoms with E-state index >= 15 is 0 Å². The van der Waals surface area contributed by atoms with Gasteiger partial charge in [-0.15, -0.1) is 11.3 Å². The monoisotopic (exact) mass is 293 g/mol. The third-order valence-electron chi connectivity index (χ3n) is 3.05. The average molecular weight is 293 g/mol. The van der Waals surface area contributed by atoms with E-state index in [0.29, 0.717) is 19.5 Å². The molecule has 0 fully saturated rings. The number of rotatable bonds is 1. The summed E-state index contributed by atoms with van der Waals surface area (Å²) >= 11 is 1.54. The smallest absolute Gasteiger partial charge is 0.410 e. The van der Waals surface area contributed by atoms with Crippen LogP contribution < -0.4 is 5.32 Å². The van der Waals surface area contributed by atoms with E-state index in [-0.39, 0.29) is 6.09 Å². The van der Waals surface area contributed by atoms with E-state index < -0.39 is 5.60 Å². The van der Waals surface area contributed by atoms with Crippen LogP contribution in [0.5, 0.6) is 0 Å². The zero-order chi connectivity index (χ0) is 14.9. The Kier molecular flexibility index (Phi) is 3.91. The Morgan fingerprint density at radius 2 is 2.20 bits per heavy atom. The van der Waals surface area contributed by atoms with E-state index in [1.807, 2.05) is 27.8 Å². The molecule has 0 unspecified atom stereocenters. The van der Waals surface area contributed by atoms with Crippen molar-refractivity contribution in [1.82, 2.24) is 4.90 Å². The van der Waals surface area contributed by atoms with Gasteiger partial charge in [0, 0.05) is 18.5 Å². The third kappa shape index (κ3) is 2.88. The van der Waals surface area contributed by atoms with Crippen molar-refractivity contribution in [3.8, 4) is 6.07 Å². The predicted molar refractivity (Wildman–Crippen MR) is 78.9 cm³/mol. The first kappa shape index (κ1) is 14.7. The second kappa shape index (κ2) is 5.33. The molecule has 1 aromatic rings. The summed E-state index contributed by atoms with van der Waals surface area (Å²) in [4.78, 5) is 14.9. The lowest BCUT2D eigenvalue weighted by molar-refractivity contribution is 0.0226. The fourth-order valence-corrected chi connectivity index (χ4v) is 3.35. The van der Waals surface area contributed by atoms with Gasteiger partial charge in [-0.3, -0.25) is 0 Å². The maximum Gasteiger partial charge on any atom is 0.410 e. The highest BCUT2D eigenvalue weighted by Gasteiger charge is 2.29. The van der Waals surface area contributed by atoms with Crippen LogP contribution >= 0.6 is 11.3 Å². The summed E-state index contributed by atoms with van der Waals surface area (Å²) < 4.78 is 5.39. The quantitative estimate of drug-likeness (QED) is 0.864. The summed E-state index contributed by atoms with van der Waals surface area (Å²) in [5.74, 6) is 0. The molecule has 5 nitrogen and oxygen atoms in total. The van der Waals surface area contributed by atoms with Gasteiger partial charge >= 0.3 is 6.09 Å². The number of nitrogens with one attached hydrogen (secondary N) is 1. The van der Waals surface area contributed by atoms with Crippen molar-refractivity contribution < 1.29 is 9.53 Å². The summed E-state index contributed by atoms with van der Waals surface area (Å²) in [6.07, 6.45) is 0.413. The summed E-state index contributed by atoms with van der Waals surface area (Å²) in [6, 6.07) is 2.25. The maximum atomic E-state index is 12.1. The summed E-state index contributed by atoms with van der Waals surface area (Å²) in [6.45, 7) is 6.69. The Labute approximate surface area is 123 Å². The van der Waals surface area contributed by atoms with Gasteiger partial charge in [0.15, 0.2) is 0 Å². The largest absolute Gasteiger partial charge is 0.444 e. The molecule has 1 aromatic heterocycles. The number of ether oxygens (including phenoxy) is 1. The van der Waals surface area contributed by atoms with Gasteiger partial charge in [0.25, 0.3) is 0 Å². The topological polar surface area (TPSA) is 65.4 Å². The van der Waals surface area contributed by atoms with Crippen LogP contribution in [0.3, 0.4) is 0 Å². The molecule has 0 saturated carbocycles. The Hall–Kier alpha value is -1.74. The number of carbonyl (C=O) groups excluding carboxylic acids is 1. The molecule has 0 aromatic carbocycles. The second-order valence-electron chi connectivity index (χ2n) is 5.72. The molecule has 20 heavy (non-hydrogen) atoms. The first-order valence-electron chi connectivity index (χ1n) is 6.56. The summed E-state index contributed by atoms with van der Waals surface area (Å²) in [5, 5.41) is 13.2. The number of carbonyl (C=O) groups is 1. The molecule has 2 rings (SSSR count). The zero-order valence-electron chi connectivity index (χ0n) is 12.2. The lowest BCUT2D eigenvalue weighted by atomic mass is 10.0. The van der Waals surface area contributed by atoms with Gasteiger partial charge in [-0.2, -0.15) is 5.26 Å². The molecule has 1 aliphatic heterocycles. The number of amides is 1. The molecule has 0 atom stereocenters. The highest BCUT2D eigenvalue weighted by molar-refractivity contribution is 7.16. The minimum absolute atomic E-state index is 0.291. The standard InChI is InChI=1S/C14H19N3O2S/c1-14(2,3)19-13(18)17-6-5-9-10(7-15)12(16-4)20-11(9)8-17/h16H,5-6,8H2,1-4H3. The normalized spacial score (nSPS) is 14.4. The van der Waals surface area contributed by atoms with E-state index in [9.17, 15) is 10.1 Å². The van der Waals surface area contributed by atoms with E-state index in [1.165, 1.54) is 0 Å². The highest BCUT2D eigenvalue weighted by atomic mass is 32.1. The van der Waals surface area contributed by atoms with Crippen molar-refractivity contribution in [3.05, 3.63) is 16.0 Å². The molecule has 2 heterocycles. The molecule has 0 aliphatic carbocycles. The molecule has 0 bridgehead atoms. The molecular formula is C14H19N3O2S. The van der Waals surface area contributed by atoms with Gasteiger partial charge in [0.1, 0.15) is 16.7 Å². The first-order chi connectivity index (χ1) is 9.35. The number of hydrogen-bond acceptors (Lipinski definition) is 5. The fourth-order valence-electron chi connectivity index (χ4n) is 2.18. The lowest BCUT2D eigenvalue weighted by Gasteiger charge is -2.29. The molecule has 0 radical (unpaired) electrons. The van der Waals surface area contributed by atoms with Crippen LogP contribution in [0.1, 0.15) is 36.8 Å². The van der Waals surface area contributed by atoms with Crippen molar-refractivity contribution >= 4 is 22.4 Å². The van der Waals surface area contributed by atoms with Gasteiger partial charge in [0.2, 0.25) is 0 Å². The summed E-state index contributed by atoms with van der Waals surface area (Å²) in [5.41, 5.74) is 1.30. The van der Waals surface area contributed by atoms with E-state index in [0.717, 1.165) is 21.0 Å². The van der Waals surface area contributed by atoms with Gasteiger partial charge in [-0.25, -0.2) is 4.79 Å². The number of fused-ring (bicyclic) bond motifs is 1. The minimum Gasteiger partial charge on any atom is -0.444 e. The van der Waals surface area contributed by atoms with Crippen molar-refractivity contribution in [1.29, 1.82) is 5.26 Å². The van der Waals surface area contributed by atoms with Crippen molar-refractivity contribution in [2.24, 2.45) is 0 Å². The number of anilines is 1. The predicted octanol–water partition coefficient (Wildman–Crippen LogP) is 2.95. The lowest BCUT2D eigenvalue weighted by Crippen LogP contribution is -2.39. The van der Waals surface area contributed by atoms with Crippen LogP contribution in [0, 0.1) is 11.3 Å². The molecular weight excluding hydrogens is 274 g/mol. The number of nitrogens with zero attached hydrogens (tertiary/aromatic N) is 2. The molecule has 0 saturated heterocycles. The van der Waals surface area contributed by atoms with Crippen molar-refractivity contribution in [2.75, 3.05) is 18.9 Å². The number of thiophene rings is 1. The summed E-state index contributed by atoms with van der Waals surface area (Å²) in [7, 11) is 1.81. The molecule has 1 amide bonds. The molecule has 0 spiro atoms. The molecule has 6 heteroatoms. The van der Waals surface area contributed by atoms with Crippen LogP contribution in [-0.4, -0.2) is 30.2 Å². The van der Waals surface area contributed by atoms with E-state index in [2.05, 4.69) is 11.4 Å². The SMILES string of the molecule is CNc1sc2c(c1C#N)CCN(C(=O)OC(C)(C)C)C2. The van der Waals surface area contributed by atoms with Crippen LogP contribution in [0.2, 0.25) is 0 Å². The Bertz CT molecular complexity index is 566. The fraction of sp³-hybridized carbons (Fsp3) is 0.571. The van der Waals surface area contributed by atoms with Gasteiger partial charge in [-0.1, -0.05) is 0 Å². The van der Waals surface area contributed by atoms with Gasteiger partial charge in [0.05, 0.1) is 12.1 Å². The average Bonchev–Trinajstić information content (AvgIpc) is 2.73. The number of hydrogen-bond donors (Lipinski definition) is 1.